The molecule has 0 radical (unpaired) electrons. The van der Waals surface area contributed by atoms with Crippen molar-refractivity contribution in [1.82, 2.24) is 29.9 Å². The van der Waals surface area contributed by atoms with Crippen LogP contribution in [0, 0.1) is 0 Å². The monoisotopic (exact) mass is 498 g/mol. The van der Waals surface area contributed by atoms with Gasteiger partial charge in [0.25, 0.3) is 5.56 Å². The summed E-state index contributed by atoms with van der Waals surface area (Å²) in [5.74, 6) is -0.393. The van der Waals surface area contributed by atoms with Crippen LogP contribution in [-0.4, -0.2) is 48.7 Å². The average molecular weight is 499 g/mol. The average Bonchev–Trinajstić information content (AvgIpc) is 3.27. The maximum Gasteiger partial charge on any atom is 0.254 e. The third-order valence-electron chi connectivity index (χ3n) is 5.10. The number of aliphatic hydroxyl groups excluding tert-OH is 1. The molecule has 4 aromatic rings. The molecule has 1 atom stereocenters. The molecule has 0 bridgehead atoms. The van der Waals surface area contributed by atoms with Crippen LogP contribution in [-0.2, 0) is 11.2 Å². The summed E-state index contributed by atoms with van der Waals surface area (Å²) >= 11 is 12.1. The number of nitrogens with one attached hydrogen (secondary N) is 1. The Hall–Kier alpha value is -3.53. The van der Waals surface area contributed by atoms with Crippen molar-refractivity contribution in [2.24, 2.45) is 0 Å². The van der Waals surface area contributed by atoms with Gasteiger partial charge in [-0.25, -0.2) is 9.67 Å². The Balaban J connectivity index is 1.74. The Bertz CT molecular complexity index is 1360. The van der Waals surface area contributed by atoms with Crippen molar-refractivity contribution < 1.29 is 9.90 Å². The van der Waals surface area contributed by atoms with E-state index >= 15 is 0 Å². The molecule has 1 amide bonds. The lowest BCUT2D eigenvalue weighted by Gasteiger charge is -2.19. The molecule has 0 saturated carbocycles. The van der Waals surface area contributed by atoms with Crippen molar-refractivity contribution in [2.45, 2.75) is 12.5 Å². The molecule has 0 aliphatic heterocycles. The Labute approximate surface area is 204 Å². The van der Waals surface area contributed by atoms with E-state index in [1.807, 2.05) is 30.3 Å². The zero-order chi connectivity index (χ0) is 24.1. The number of aliphatic hydroxyl groups is 1. The summed E-state index contributed by atoms with van der Waals surface area (Å²) in [5, 5.41) is 20.1. The fraction of sp³-hybridized carbons (Fsp3) is 0.174. The summed E-state index contributed by atoms with van der Waals surface area (Å²) in [4.78, 5) is 30.5. The molecule has 0 spiro atoms. The molecule has 34 heavy (non-hydrogen) atoms. The number of nitrogens with zero attached hydrogens (tertiary/aromatic N) is 5. The van der Waals surface area contributed by atoms with Crippen molar-refractivity contribution in [3.8, 4) is 16.9 Å². The normalized spacial score (nSPS) is 11.9. The van der Waals surface area contributed by atoms with E-state index in [0.29, 0.717) is 22.0 Å². The van der Waals surface area contributed by atoms with Crippen molar-refractivity contribution in [2.75, 3.05) is 13.2 Å². The van der Waals surface area contributed by atoms with Crippen LogP contribution in [0.5, 0.6) is 0 Å². The molecular weight excluding hydrogens is 479 g/mol. The Morgan fingerprint density at radius 2 is 1.91 bits per heavy atom. The third kappa shape index (κ3) is 5.33. The minimum atomic E-state index is -0.851. The number of carbonyl (C=O) groups is 1. The van der Waals surface area contributed by atoms with Crippen LogP contribution in [0.4, 0.5) is 0 Å². The summed E-state index contributed by atoms with van der Waals surface area (Å²) in [5.41, 5.74) is 1.92. The molecule has 2 N–H and O–H groups in total. The van der Waals surface area contributed by atoms with E-state index in [9.17, 15) is 9.59 Å². The molecule has 174 valence electrons. The lowest BCUT2D eigenvalue weighted by Crippen LogP contribution is -2.39. The van der Waals surface area contributed by atoms with E-state index in [4.69, 9.17) is 28.3 Å². The smallest absolute Gasteiger partial charge is 0.254 e. The minimum Gasteiger partial charge on any atom is -0.395 e. The number of amides is 1. The molecule has 0 aliphatic carbocycles. The van der Waals surface area contributed by atoms with Crippen LogP contribution in [0.2, 0.25) is 10.2 Å². The van der Waals surface area contributed by atoms with Crippen LogP contribution in [0.15, 0.2) is 71.9 Å². The molecule has 0 fully saturated rings. The topological polar surface area (TPSA) is 115 Å². The first-order valence-electron chi connectivity index (χ1n) is 10.3. The van der Waals surface area contributed by atoms with Gasteiger partial charge in [-0.2, -0.15) is 0 Å². The van der Waals surface area contributed by atoms with Gasteiger partial charge in [-0.15, -0.1) is 5.10 Å². The summed E-state index contributed by atoms with van der Waals surface area (Å²) in [6, 6.07) is 14.9. The minimum absolute atomic E-state index is 0.0801. The molecule has 2 heterocycles. The molecule has 4 rings (SSSR count). The SMILES string of the molecule is O=C(NCCO)[C@H](Cc1ccccc1)n1cnc(-c2cc(Cl)ccc2-n2cc(Cl)nn2)cc1=O. The molecule has 9 nitrogen and oxygen atoms in total. The molecular formula is C23H20Cl2N6O3. The van der Waals surface area contributed by atoms with Crippen LogP contribution in [0.3, 0.4) is 0 Å². The van der Waals surface area contributed by atoms with Gasteiger partial charge in [0, 0.05) is 29.6 Å². The van der Waals surface area contributed by atoms with E-state index in [1.165, 1.54) is 27.8 Å². The number of rotatable bonds is 8. The lowest BCUT2D eigenvalue weighted by atomic mass is 10.0. The van der Waals surface area contributed by atoms with Gasteiger partial charge < -0.3 is 10.4 Å². The summed E-state index contributed by atoms with van der Waals surface area (Å²) in [6.45, 7) is -0.129. The molecule has 2 aromatic heterocycles. The van der Waals surface area contributed by atoms with Gasteiger partial charge in [-0.05, 0) is 23.8 Å². The van der Waals surface area contributed by atoms with Crippen molar-refractivity contribution in [3.63, 3.8) is 0 Å². The largest absolute Gasteiger partial charge is 0.395 e. The van der Waals surface area contributed by atoms with Gasteiger partial charge in [-0.3, -0.25) is 14.2 Å². The first-order chi connectivity index (χ1) is 16.5. The van der Waals surface area contributed by atoms with Gasteiger partial charge in [0.05, 0.1) is 30.5 Å². The van der Waals surface area contributed by atoms with Crippen LogP contribution in [0.25, 0.3) is 16.9 Å². The summed E-state index contributed by atoms with van der Waals surface area (Å²) in [7, 11) is 0. The molecule has 2 aromatic carbocycles. The summed E-state index contributed by atoms with van der Waals surface area (Å²) in [6.07, 6.45) is 3.14. The van der Waals surface area contributed by atoms with Gasteiger partial charge in [0.15, 0.2) is 5.15 Å². The number of hydrogen-bond donors (Lipinski definition) is 2. The van der Waals surface area contributed by atoms with E-state index in [2.05, 4.69) is 20.6 Å². The number of hydrogen-bond acceptors (Lipinski definition) is 6. The fourth-order valence-corrected chi connectivity index (χ4v) is 3.82. The molecule has 0 saturated heterocycles. The number of carbonyl (C=O) groups excluding carboxylic acids is 1. The first-order valence-corrected chi connectivity index (χ1v) is 11.1. The highest BCUT2D eigenvalue weighted by molar-refractivity contribution is 6.31. The van der Waals surface area contributed by atoms with Crippen LogP contribution >= 0.6 is 23.2 Å². The van der Waals surface area contributed by atoms with Crippen molar-refractivity contribution >= 4 is 29.1 Å². The lowest BCUT2D eigenvalue weighted by molar-refractivity contribution is -0.124. The second-order valence-electron chi connectivity index (χ2n) is 7.39. The number of halogens is 2. The van der Waals surface area contributed by atoms with Crippen molar-refractivity contribution in [1.29, 1.82) is 0 Å². The Morgan fingerprint density at radius 1 is 1.12 bits per heavy atom. The Kier molecular flexibility index (Phi) is 7.36. The van der Waals surface area contributed by atoms with Gasteiger partial charge in [0.1, 0.15) is 6.04 Å². The second kappa shape index (κ2) is 10.6. The molecule has 0 aliphatic rings. The van der Waals surface area contributed by atoms with E-state index in [-0.39, 0.29) is 24.7 Å². The highest BCUT2D eigenvalue weighted by Gasteiger charge is 2.23. The first kappa shape index (κ1) is 23.6. The predicted molar refractivity (Wildman–Crippen MR) is 128 cm³/mol. The Morgan fingerprint density at radius 3 is 2.59 bits per heavy atom. The number of benzene rings is 2. The zero-order valence-corrected chi connectivity index (χ0v) is 19.3. The third-order valence-corrected chi connectivity index (χ3v) is 5.51. The maximum atomic E-state index is 13.2. The van der Waals surface area contributed by atoms with Crippen LogP contribution < -0.4 is 10.9 Å². The number of aromatic nitrogens is 5. The van der Waals surface area contributed by atoms with Crippen molar-refractivity contribution in [3.05, 3.63) is 93.2 Å². The fourth-order valence-electron chi connectivity index (χ4n) is 3.52. The second-order valence-corrected chi connectivity index (χ2v) is 8.21. The van der Waals surface area contributed by atoms with E-state index in [0.717, 1.165) is 5.56 Å². The highest BCUT2D eigenvalue weighted by atomic mass is 35.5. The standard InChI is InChI=1S/C23H20Cl2N6O3/c24-16-6-7-19(31-13-21(25)28-29-31)17(11-16)18-12-22(33)30(14-27-18)20(23(34)26-8-9-32)10-15-4-2-1-3-5-15/h1-7,11-14,20,32H,8-10H2,(H,26,34)/t20-/m0/s1. The van der Waals surface area contributed by atoms with E-state index < -0.39 is 17.5 Å². The van der Waals surface area contributed by atoms with Gasteiger partial charge in [0.2, 0.25) is 5.91 Å². The summed E-state index contributed by atoms with van der Waals surface area (Å²) < 4.78 is 2.74. The van der Waals surface area contributed by atoms with Gasteiger partial charge in [-0.1, -0.05) is 58.7 Å². The molecule has 0 unspecified atom stereocenters. The zero-order valence-electron chi connectivity index (χ0n) is 17.8. The van der Waals surface area contributed by atoms with Gasteiger partial charge >= 0.3 is 0 Å². The van der Waals surface area contributed by atoms with E-state index in [1.54, 1.807) is 18.2 Å². The van der Waals surface area contributed by atoms with Crippen LogP contribution in [0.1, 0.15) is 11.6 Å². The molecule has 11 heteroatoms. The predicted octanol–water partition coefficient (Wildman–Crippen LogP) is 2.69. The highest BCUT2D eigenvalue weighted by Crippen LogP contribution is 2.28. The maximum absolute atomic E-state index is 13.2. The quantitative estimate of drug-likeness (QED) is 0.385.